The minimum atomic E-state index is -1.05. The number of carboxylic acid groups (broad SMARTS) is 1. The van der Waals surface area contributed by atoms with E-state index in [2.05, 4.69) is 5.32 Å². The van der Waals surface area contributed by atoms with Crippen LogP contribution in [0, 0.1) is 5.92 Å². The SMILES string of the molecule is COC(CNC(=O)C1CCCCCCC1)C(=O)O. The molecule has 5 nitrogen and oxygen atoms in total. The quantitative estimate of drug-likeness (QED) is 0.783. The normalized spacial score (nSPS) is 19.6. The number of ether oxygens (including phenoxy) is 1. The van der Waals surface area contributed by atoms with E-state index < -0.39 is 12.1 Å². The van der Waals surface area contributed by atoms with Crippen LogP contribution in [0.5, 0.6) is 0 Å². The second kappa shape index (κ2) is 8.08. The summed E-state index contributed by atoms with van der Waals surface area (Å²) in [7, 11) is 1.33. The zero-order valence-electron chi connectivity index (χ0n) is 11.0. The fraction of sp³-hybridized carbons (Fsp3) is 0.846. The van der Waals surface area contributed by atoms with E-state index in [0.717, 1.165) is 25.7 Å². The third-order valence-electron chi connectivity index (χ3n) is 3.50. The molecule has 0 aromatic heterocycles. The van der Waals surface area contributed by atoms with E-state index in [-0.39, 0.29) is 18.4 Å². The first-order chi connectivity index (χ1) is 8.65. The molecule has 18 heavy (non-hydrogen) atoms. The van der Waals surface area contributed by atoms with Gasteiger partial charge in [-0.25, -0.2) is 4.79 Å². The van der Waals surface area contributed by atoms with Crippen molar-refractivity contribution >= 4 is 11.9 Å². The van der Waals surface area contributed by atoms with E-state index in [4.69, 9.17) is 9.84 Å². The van der Waals surface area contributed by atoms with Crippen molar-refractivity contribution in [3.63, 3.8) is 0 Å². The summed E-state index contributed by atoms with van der Waals surface area (Å²) in [6.07, 6.45) is 6.70. The Morgan fingerprint density at radius 3 is 2.28 bits per heavy atom. The number of hydrogen-bond acceptors (Lipinski definition) is 3. The van der Waals surface area contributed by atoms with Crippen LogP contribution in [0.2, 0.25) is 0 Å². The third-order valence-corrected chi connectivity index (χ3v) is 3.50. The molecule has 104 valence electrons. The topological polar surface area (TPSA) is 75.6 Å². The Kier molecular flexibility index (Phi) is 6.72. The van der Waals surface area contributed by atoms with Crippen molar-refractivity contribution in [2.45, 2.75) is 51.0 Å². The highest BCUT2D eigenvalue weighted by molar-refractivity contribution is 5.80. The molecule has 0 aromatic carbocycles. The maximum absolute atomic E-state index is 11.9. The van der Waals surface area contributed by atoms with Gasteiger partial charge in [0, 0.05) is 13.0 Å². The molecule has 2 N–H and O–H groups in total. The van der Waals surface area contributed by atoms with Crippen molar-refractivity contribution in [3.05, 3.63) is 0 Å². The molecule has 0 saturated heterocycles. The Hall–Kier alpha value is -1.10. The molecule has 5 heteroatoms. The number of carboxylic acids is 1. The van der Waals surface area contributed by atoms with E-state index in [1.807, 2.05) is 0 Å². The van der Waals surface area contributed by atoms with Crippen LogP contribution < -0.4 is 5.32 Å². The van der Waals surface area contributed by atoms with Gasteiger partial charge in [-0.3, -0.25) is 4.79 Å². The monoisotopic (exact) mass is 257 g/mol. The van der Waals surface area contributed by atoms with Crippen LogP contribution in [0.3, 0.4) is 0 Å². The molecular formula is C13H23NO4. The van der Waals surface area contributed by atoms with Gasteiger partial charge < -0.3 is 15.2 Å². The number of rotatable bonds is 5. The van der Waals surface area contributed by atoms with Crippen LogP contribution >= 0.6 is 0 Å². The molecule has 1 rings (SSSR count). The molecule has 1 amide bonds. The second-order valence-electron chi connectivity index (χ2n) is 4.85. The zero-order valence-corrected chi connectivity index (χ0v) is 11.0. The van der Waals surface area contributed by atoms with E-state index in [9.17, 15) is 9.59 Å². The molecule has 0 spiro atoms. The van der Waals surface area contributed by atoms with Crippen molar-refractivity contribution in [3.8, 4) is 0 Å². The summed E-state index contributed by atoms with van der Waals surface area (Å²) in [5, 5.41) is 11.5. The number of methoxy groups -OCH3 is 1. The van der Waals surface area contributed by atoms with Gasteiger partial charge in [0.25, 0.3) is 0 Å². The van der Waals surface area contributed by atoms with E-state index in [1.54, 1.807) is 0 Å². The number of amides is 1. The summed E-state index contributed by atoms with van der Waals surface area (Å²) in [6, 6.07) is 0. The molecule has 0 heterocycles. The molecular weight excluding hydrogens is 234 g/mol. The van der Waals surface area contributed by atoms with Gasteiger partial charge in [0.05, 0.1) is 6.54 Å². The maximum atomic E-state index is 11.9. The average molecular weight is 257 g/mol. The van der Waals surface area contributed by atoms with Gasteiger partial charge in [-0.05, 0) is 12.8 Å². The van der Waals surface area contributed by atoms with E-state index >= 15 is 0 Å². The van der Waals surface area contributed by atoms with Crippen molar-refractivity contribution in [1.29, 1.82) is 0 Å². The summed E-state index contributed by atoms with van der Waals surface area (Å²) in [4.78, 5) is 22.7. The van der Waals surface area contributed by atoms with Gasteiger partial charge in [0.15, 0.2) is 6.10 Å². The summed E-state index contributed by atoms with van der Waals surface area (Å²) < 4.78 is 4.78. The Balaban J connectivity index is 2.35. The van der Waals surface area contributed by atoms with Gasteiger partial charge in [-0.15, -0.1) is 0 Å². The van der Waals surface area contributed by atoms with Crippen molar-refractivity contribution in [1.82, 2.24) is 5.32 Å². The standard InChI is InChI=1S/C13H23NO4/c1-18-11(13(16)17)9-14-12(15)10-7-5-3-2-4-6-8-10/h10-11H,2-9H2,1H3,(H,14,15)(H,16,17). The summed E-state index contributed by atoms with van der Waals surface area (Å²) in [6.45, 7) is 0.0428. The van der Waals surface area contributed by atoms with Gasteiger partial charge in [0.2, 0.25) is 5.91 Å². The first-order valence-corrected chi connectivity index (χ1v) is 6.68. The molecule has 1 aliphatic rings. The lowest BCUT2D eigenvalue weighted by molar-refractivity contribution is -0.148. The van der Waals surface area contributed by atoms with Crippen LogP contribution in [0.4, 0.5) is 0 Å². The molecule has 1 fully saturated rings. The predicted octanol–water partition coefficient (Wildman–Crippen LogP) is 1.56. The molecule has 1 saturated carbocycles. The Labute approximate surface area is 108 Å². The fourth-order valence-corrected chi connectivity index (χ4v) is 2.33. The van der Waals surface area contributed by atoms with Crippen LogP contribution in [0.25, 0.3) is 0 Å². The minimum Gasteiger partial charge on any atom is -0.479 e. The lowest BCUT2D eigenvalue weighted by Crippen LogP contribution is -2.40. The summed E-state index contributed by atoms with van der Waals surface area (Å²) in [5.74, 6) is -1.03. The van der Waals surface area contributed by atoms with E-state index in [0.29, 0.717) is 0 Å². The van der Waals surface area contributed by atoms with Crippen molar-refractivity contribution in [2.24, 2.45) is 5.92 Å². The van der Waals surface area contributed by atoms with Gasteiger partial charge in [-0.2, -0.15) is 0 Å². The Bertz CT molecular complexity index is 272. The first kappa shape index (κ1) is 15.0. The van der Waals surface area contributed by atoms with Gasteiger partial charge in [0.1, 0.15) is 0 Å². The molecule has 0 aromatic rings. The maximum Gasteiger partial charge on any atom is 0.334 e. The number of aliphatic carboxylic acids is 1. The minimum absolute atomic E-state index is 0.0276. The van der Waals surface area contributed by atoms with Crippen LogP contribution in [-0.4, -0.2) is 36.7 Å². The average Bonchev–Trinajstić information content (AvgIpc) is 2.28. The largest absolute Gasteiger partial charge is 0.479 e. The van der Waals surface area contributed by atoms with Crippen molar-refractivity contribution < 1.29 is 19.4 Å². The molecule has 0 radical (unpaired) electrons. The molecule has 1 atom stereocenters. The summed E-state index contributed by atoms with van der Waals surface area (Å²) in [5.41, 5.74) is 0. The Morgan fingerprint density at radius 1 is 1.22 bits per heavy atom. The lowest BCUT2D eigenvalue weighted by atomic mass is 9.90. The van der Waals surface area contributed by atoms with E-state index in [1.165, 1.54) is 26.4 Å². The highest BCUT2D eigenvalue weighted by Gasteiger charge is 2.22. The molecule has 1 aliphatic carbocycles. The Morgan fingerprint density at radius 2 is 1.78 bits per heavy atom. The predicted molar refractivity (Wildman–Crippen MR) is 67.3 cm³/mol. The smallest absolute Gasteiger partial charge is 0.334 e. The molecule has 1 unspecified atom stereocenters. The number of carbonyl (C=O) groups excluding carboxylic acids is 1. The molecule has 0 bridgehead atoms. The molecule has 0 aliphatic heterocycles. The number of hydrogen-bond donors (Lipinski definition) is 2. The van der Waals surface area contributed by atoms with Crippen LogP contribution in [-0.2, 0) is 14.3 Å². The van der Waals surface area contributed by atoms with Gasteiger partial charge in [-0.1, -0.05) is 32.1 Å². The third kappa shape index (κ3) is 5.04. The number of carbonyl (C=O) groups is 2. The highest BCUT2D eigenvalue weighted by Crippen LogP contribution is 2.22. The lowest BCUT2D eigenvalue weighted by Gasteiger charge is -2.20. The zero-order chi connectivity index (χ0) is 13.4. The van der Waals surface area contributed by atoms with Crippen molar-refractivity contribution in [2.75, 3.05) is 13.7 Å². The number of nitrogens with one attached hydrogen (secondary N) is 1. The first-order valence-electron chi connectivity index (χ1n) is 6.68. The van der Waals surface area contributed by atoms with Crippen LogP contribution in [0.15, 0.2) is 0 Å². The van der Waals surface area contributed by atoms with Crippen LogP contribution in [0.1, 0.15) is 44.9 Å². The second-order valence-corrected chi connectivity index (χ2v) is 4.85. The van der Waals surface area contributed by atoms with Gasteiger partial charge >= 0.3 is 5.97 Å². The fourth-order valence-electron chi connectivity index (χ4n) is 2.33. The highest BCUT2D eigenvalue weighted by atomic mass is 16.5. The summed E-state index contributed by atoms with van der Waals surface area (Å²) >= 11 is 0.